The Hall–Kier alpha value is -0.990. The maximum atomic E-state index is 6.05. The summed E-state index contributed by atoms with van der Waals surface area (Å²) in [5.74, 6) is 0.883. The van der Waals surface area contributed by atoms with Crippen LogP contribution in [-0.4, -0.2) is 9.55 Å². The molecule has 0 aliphatic rings. The first-order chi connectivity index (χ1) is 6.68. The molecule has 72 valence electrons. The zero-order chi connectivity index (χ0) is 10.1. The minimum Gasteiger partial charge on any atom is -0.302 e. The highest BCUT2D eigenvalue weighted by molar-refractivity contribution is 6.34. The second-order valence-corrected chi connectivity index (χ2v) is 3.78. The Labute approximate surface area is 92.1 Å². The van der Waals surface area contributed by atoms with Crippen LogP contribution in [-0.2, 0) is 0 Å². The van der Waals surface area contributed by atoms with E-state index in [-0.39, 0.29) is 0 Å². The third-order valence-electron chi connectivity index (χ3n) is 1.99. The summed E-state index contributed by atoms with van der Waals surface area (Å²) in [6, 6.07) is 5.36. The smallest absolute Gasteiger partial charge is 0.110 e. The third-order valence-corrected chi connectivity index (χ3v) is 2.55. The van der Waals surface area contributed by atoms with E-state index in [0.717, 1.165) is 11.5 Å². The van der Waals surface area contributed by atoms with E-state index in [1.54, 1.807) is 18.3 Å². The van der Waals surface area contributed by atoms with Crippen LogP contribution in [0.5, 0.6) is 0 Å². The molecule has 0 saturated heterocycles. The van der Waals surface area contributed by atoms with E-state index < -0.39 is 0 Å². The second-order valence-electron chi connectivity index (χ2n) is 2.94. The van der Waals surface area contributed by atoms with Gasteiger partial charge in [0.25, 0.3) is 0 Å². The van der Waals surface area contributed by atoms with Gasteiger partial charge in [-0.25, -0.2) is 4.98 Å². The van der Waals surface area contributed by atoms with Gasteiger partial charge in [-0.05, 0) is 25.1 Å². The molecule has 1 aromatic carbocycles. The van der Waals surface area contributed by atoms with Gasteiger partial charge in [0, 0.05) is 17.4 Å². The molecule has 2 nitrogen and oxygen atoms in total. The lowest BCUT2D eigenvalue weighted by atomic mass is 10.3. The Kier molecular flexibility index (Phi) is 2.48. The van der Waals surface area contributed by atoms with E-state index in [0.29, 0.717) is 10.0 Å². The molecule has 0 aliphatic carbocycles. The van der Waals surface area contributed by atoms with E-state index in [2.05, 4.69) is 4.98 Å². The molecular formula is C10H8Cl2N2. The summed E-state index contributed by atoms with van der Waals surface area (Å²) >= 11 is 11.9. The predicted molar refractivity (Wildman–Crippen MR) is 58.3 cm³/mol. The second kappa shape index (κ2) is 3.64. The van der Waals surface area contributed by atoms with Gasteiger partial charge in [-0.1, -0.05) is 23.2 Å². The van der Waals surface area contributed by atoms with Crippen LogP contribution in [0.15, 0.2) is 30.6 Å². The number of nitrogens with zero attached hydrogens (tertiary/aromatic N) is 2. The molecule has 1 aromatic heterocycles. The molecular weight excluding hydrogens is 219 g/mol. The van der Waals surface area contributed by atoms with Crippen LogP contribution in [0.4, 0.5) is 0 Å². The summed E-state index contributed by atoms with van der Waals surface area (Å²) in [7, 11) is 0. The summed E-state index contributed by atoms with van der Waals surface area (Å²) < 4.78 is 1.90. The maximum absolute atomic E-state index is 6.05. The van der Waals surface area contributed by atoms with Crippen LogP contribution in [0, 0.1) is 6.92 Å². The lowest BCUT2D eigenvalue weighted by Gasteiger charge is -2.07. The molecule has 4 heteroatoms. The SMILES string of the molecule is Cc1nccn1-c1cc(Cl)ccc1Cl. The average molecular weight is 227 g/mol. The molecule has 0 saturated carbocycles. The molecule has 0 amide bonds. The number of imidazole rings is 1. The summed E-state index contributed by atoms with van der Waals surface area (Å²) in [4.78, 5) is 4.13. The molecule has 1 heterocycles. The first kappa shape index (κ1) is 9.56. The topological polar surface area (TPSA) is 17.8 Å². The number of benzene rings is 1. The fraction of sp³-hybridized carbons (Fsp3) is 0.100. The van der Waals surface area contributed by atoms with E-state index in [4.69, 9.17) is 23.2 Å². The molecule has 0 radical (unpaired) electrons. The summed E-state index contributed by atoms with van der Waals surface area (Å²) in [6.45, 7) is 1.91. The number of hydrogen-bond donors (Lipinski definition) is 0. The Balaban J connectivity index is 2.62. The maximum Gasteiger partial charge on any atom is 0.110 e. The van der Waals surface area contributed by atoms with Crippen LogP contribution in [0.1, 0.15) is 5.82 Å². The Morgan fingerprint density at radius 2 is 2.07 bits per heavy atom. The van der Waals surface area contributed by atoms with E-state index >= 15 is 0 Å². The highest BCUT2D eigenvalue weighted by Crippen LogP contribution is 2.24. The first-order valence-electron chi connectivity index (χ1n) is 4.14. The van der Waals surface area contributed by atoms with Gasteiger partial charge in [0.15, 0.2) is 0 Å². The van der Waals surface area contributed by atoms with E-state index in [1.165, 1.54) is 0 Å². The van der Waals surface area contributed by atoms with Gasteiger partial charge in [-0.3, -0.25) is 0 Å². The number of hydrogen-bond acceptors (Lipinski definition) is 1. The average Bonchev–Trinajstić information content (AvgIpc) is 2.56. The molecule has 2 rings (SSSR count). The Bertz CT molecular complexity index is 463. The van der Waals surface area contributed by atoms with Crippen LogP contribution >= 0.6 is 23.2 Å². The van der Waals surface area contributed by atoms with Crippen molar-refractivity contribution in [3.8, 4) is 5.69 Å². The molecule has 0 fully saturated rings. The number of aryl methyl sites for hydroxylation is 1. The minimum atomic E-state index is 0.663. The summed E-state index contributed by atoms with van der Waals surface area (Å²) in [5, 5.41) is 1.33. The van der Waals surface area contributed by atoms with Gasteiger partial charge >= 0.3 is 0 Å². The van der Waals surface area contributed by atoms with Crippen LogP contribution in [0.25, 0.3) is 5.69 Å². The van der Waals surface area contributed by atoms with Gasteiger partial charge in [-0.2, -0.15) is 0 Å². The number of rotatable bonds is 1. The standard InChI is InChI=1S/C10H8Cl2N2/c1-7-13-4-5-14(7)10-6-8(11)2-3-9(10)12/h2-6H,1H3. The first-order valence-corrected chi connectivity index (χ1v) is 4.89. The fourth-order valence-corrected chi connectivity index (χ4v) is 1.68. The van der Waals surface area contributed by atoms with Gasteiger partial charge < -0.3 is 4.57 Å². The zero-order valence-corrected chi connectivity index (χ0v) is 9.05. The zero-order valence-electron chi connectivity index (χ0n) is 7.54. The van der Waals surface area contributed by atoms with Crippen LogP contribution in [0.2, 0.25) is 10.0 Å². The lowest BCUT2D eigenvalue weighted by Crippen LogP contribution is -1.96. The number of aromatic nitrogens is 2. The molecule has 0 spiro atoms. The highest BCUT2D eigenvalue weighted by atomic mass is 35.5. The van der Waals surface area contributed by atoms with Crippen LogP contribution < -0.4 is 0 Å². The monoisotopic (exact) mass is 226 g/mol. The number of halogens is 2. The molecule has 0 bridgehead atoms. The Morgan fingerprint density at radius 3 is 2.71 bits per heavy atom. The quantitative estimate of drug-likeness (QED) is 0.729. The van der Waals surface area contributed by atoms with Crippen molar-refractivity contribution < 1.29 is 0 Å². The van der Waals surface area contributed by atoms with Crippen molar-refractivity contribution in [1.82, 2.24) is 9.55 Å². The normalized spacial score (nSPS) is 10.5. The minimum absolute atomic E-state index is 0.663. The van der Waals surface area contributed by atoms with Gasteiger partial charge in [0.2, 0.25) is 0 Å². The molecule has 14 heavy (non-hydrogen) atoms. The van der Waals surface area contributed by atoms with Gasteiger partial charge in [0.05, 0.1) is 10.7 Å². The van der Waals surface area contributed by atoms with Crippen molar-refractivity contribution >= 4 is 23.2 Å². The summed E-state index contributed by atoms with van der Waals surface area (Å²) in [5.41, 5.74) is 0.856. The summed E-state index contributed by atoms with van der Waals surface area (Å²) in [6.07, 6.45) is 3.58. The van der Waals surface area contributed by atoms with Gasteiger partial charge in [-0.15, -0.1) is 0 Å². The molecule has 0 atom stereocenters. The van der Waals surface area contributed by atoms with Crippen molar-refractivity contribution in [2.45, 2.75) is 6.92 Å². The van der Waals surface area contributed by atoms with Crippen LogP contribution in [0.3, 0.4) is 0 Å². The van der Waals surface area contributed by atoms with Gasteiger partial charge in [0.1, 0.15) is 5.82 Å². The van der Waals surface area contributed by atoms with Crippen molar-refractivity contribution in [3.63, 3.8) is 0 Å². The third kappa shape index (κ3) is 1.63. The Morgan fingerprint density at radius 1 is 1.29 bits per heavy atom. The lowest BCUT2D eigenvalue weighted by molar-refractivity contribution is 0.975. The molecule has 0 N–H and O–H groups in total. The van der Waals surface area contributed by atoms with E-state index in [1.807, 2.05) is 23.8 Å². The predicted octanol–water partition coefficient (Wildman–Crippen LogP) is 3.49. The molecule has 2 aromatic rings. The van der Waals surface area contributed by atoms with E-state index in [9.17, 15) is 0 Å². The van der Waals surface area contributed by atoms with Crippen molar-refractivity contribution in [2.75, 3.05) is 0 Å². The molecule has 0 aliphatic heterocycles. The fourth-order valence-electron chi connectivity index (χ4n) is 1.30. The van der Waals surface area contributed by atoms with Crippen molar-refractivity contribution in [3.05, 3.63) is 46.5 Å². The van der Waals surface area contributed by atoms with Crippen molar-refractivity contribution in [2.24, 2.45) is 0 Å². The largest absolute Gasteiger partial charge is 0.302 e. The molecule has 0 unspecified atom stereocenters. The highest BCUT2D eigenvalue weighted by Gasteiger charge is 2.05. The van der Waals surface area contributed by atoms with Crippen molar-refractivity contribution in [1.29, 1.82) is 0 Å².